The standard InChI is InChI=1S/C33H38N4O8/c1-22-29(20-35-16-18-36(19-17-35)27-10-12-28(13-11-27)37(42)43)44-33(45-32(22)24-4-2-23(21-38)3-5-24)25-6-8-26(9-7-25)34-30(39)14-15-31(40)41/h2-13,22,29,32-33,38H,14-21H2,1H3,(H,34,39)(H,40,41)/t22-,29+,32+,33+/m0/s1. The summed E-state index contributed by atoms with van der Waals surface area (Å²) in [4.78, 5) is 38.1. The number of nitrogens with zero attached hydrogens (tertiary/aromatic N) is 3. The average Bonchev–Trinajstić information content (AvgIpc) is 3.05. The Bertz CT molecular complexity index is 1460. The third-order valence-corrected chi connectivity index (χ3v) is 8.39. The van der Waals surface area contributed by atoms with Gasteiger partial charge in [0.15, 0.2) is 6.29 Å². The molecule has 2 aliphatic heterocycles. The number of anilines is 2. The Morgan fingerprint density at radius 2 is 1.56 bits per heavy atom. The Kier molecular flexibility index (Phi) is 10.4. The number of carbonyl (C=O) groups is 2. The van der Waals surface area contributed by atoms with Crippen LogP contribution in [0.3, 0.4) is 0 Å². The molecule has 3 aromatic rings. The molecule has 12 nitrogen and oxygen atoms in total. The maximum atomic E-state index is 12.1. The number of rotatable bonds is 11. The molecule has 1 amide bonds. The summed E-state index contributed by atoms with van der Waals surface area (Å²) in [5.74, 6) is -1.38. The van der Waals surface area contributed by atoms with Crippen LogP contribution in [0.4, 0.5) is 17.1 Å². The van der Waals surface area contributed by atoms with E-state index in [2.05, 4.69) is 22.0 Å². The third kappa shape index (κ3) is 8.22. The van der Waals surface area contributed by atoms with E-state index < -0.39 is 17.2 Å². The predicted octanol–water partition coefficient (Wildman–Crippen LogP) is 4.50. The minimum Gasteiger partial charge on any atom is -0.481 e. The zero-order valence-electron chi connectivity index (χ0n) is 25.1. The highest BCUT2D eigenvalue weighted by molar-refractivity contribution is 5.92. The van der Waals surface area contributed by atoms with Crippen molar-refractivity contribution in [2.75, 3.05) is 42.9 Å². The number of hydrogen-bond acceptors (Lipinski definition) is 9. The van der Waals surface area contributed by atoms with E-state index in [0.717, 1.165) is 48.6 Å². The molecule has 2 aliphatic rings. The lowest BCUT2D eigenvalue weighted by molar-refractivity contribution is -0.384. The Balaban J connectivity index is 1.27. The van der Waals surface area contributed by atoms with Crippen molar-refractivity contribution in [1.29, 1.82) is 0 Å². The molecule has 45 heavy (non-hydrogen) atoms. The molecule has 0 spiro atoms. The van der Waals surface area contributed by atoms with Gasteiger partial charge in [-0.05, 0) is 35.4 Å². The van der Waals surface area contributed by atoms with Crippen LogP contribution in [-0.4, -0.2) is 70.7 Å². The van der Waals surface area contributed by atoms with Gasteiger partial charge in [0, 0.05) is 74.1 Å². The Labute approximate surface area is 261 Å². The number of benzene rings is 3. The lowest BCUT2D eigenvalue weighted by Gasteiger charge is -2.44. The number of carboxylic acid groups (broad SMARTS) is 1. The van der Waals surface area contributed by atoms with Gasteiger partial charge in [0.2, 0.25) is 5.91 Å². The molecule has 0 aromatic heterocycles. The number of aliphatic hydroxyl groups is 1. The molecule has 0 saturated carbocycles. The largest absolute Gasteiger partial charge is 0.481 e. The number of piperazine rings is 1. The van der Waals surface area contributed by atoms with Crippen LogP contribution in [0.1, 0.15) is 48.8 Å². The molecule has 2 saturated heterocycles. The van der Waals surface area contributed by atoms with Crippen LogP contribution in [0.2, 0.25) is 0 Å². The number of nitro benzene ring substituents is 1. The van der Waals surface area contributed by atoms with Crippen LogP contribution in [0.5, 0.6) is 0 Å². The molecular formula is C33H38N4O8. The molecule has 2 fully saturated rings. The molecule has 0 unspecified atom stereocenters. The number of carbonyl (C=O) groups excluding carboxylic acids is 1. The van der Waals surface area contributed by atoms with Crippen LogP contribution >= 0.6 is 0 Å². The van der Waals surface area contributed by atoms with Crippen molar-refractivity contribution in [3.05, 3.63) is 99.6 Å². The van der Waals surface area contributed by atoms with Crippen molar-refractivity contribution in [2.45, 2.75) is 44.9 Å². The molecule has 2 heterocycles. The number of nitro groups is 1. The summed E-state index contributed by atoms with van der Waals surface area (Å²) in [6.07, 6.45) is -1.43. The van der Waals surface area contributed by atoms with Gasteiger partial charge in [-0.15, -0.1) is 0 Å². The molecule has 12 heteroatoms. The number of ether oxygens (including phenoxy) is 2. The monoisotopic (exact) mass is 618 g/mol. The topological polar surface area (TPSA) is 155 Å². The second kappa shape index (κ2) is 14.6. The fourth-order valence-electron chi connectivity index (χ4n) is 5.72. The van der Waals surface area contributed by atoms with Crippen LogP contribution in [0.15, 0.2) is 72.8 Å². The summed E-state index contributed by atoms with van der Waals surface area (Å²) >= 11 is 0. The maximum absolute atomic E-state index is 12.1. The van der Waals surface area contributed by atoms with Crippen molar-refractivity contribution in [3.63, 3.8) is 0 Å². The fourth-order valence-corrected chi connectivity index (χ4v) is 5.72. The zero-order chi connectivity index (χ0) is 31.9. The Morgan fingerprint density at radius 1 is 0.911 bits per heavy atom. The Morgan fingerprint density at radius 3 is 2.16 bits per heavy atom. The summed E-state index contributed by atoms with van der Waals surface area (Å²) in [7, 11) is 0. The number of aliphatic carboxylic acids is 1. The SMILES string of the molecule is C[C@H]1[C@@H](CN2CCN(c3ccc([N+](=O)[O-])cc3)CC2)O[C@@H](c2ccc(NC(=O)CCC(=O)O)cc2)O[C@H]1c1ccc(CO)cc1. The Hall–Kier alpha value is -4.36. The molecule has 5 rings (SSSR count). The molecule has 0 radical (unpaired) electrons. The molecule has 4 atom stereocenters. The van der Waals surface area contributed by atoms with E-state index in [1.807, 2.05) is 36.4 Å². The quantitative estimate of drug-likeness (QED) is 0.207. The lowest BCUT2D eigenvalue weighted by Crippen LogP contribution is -2.51. The highest BCUT2D eigenvalue weighted by Crippen LogP contribution is 2.42. The van der Waals surface area contributed by atoms with Gasteiger partial charge in [0.05, 0.1) is 30.2 Å². The third-order valence-electron chi connectivity index (χ3n) is 8.39. The number of hydrogen-bond donors (Lipinski definition) is 3. The van der Waals surface area contributed by atoms with Gasteiger partial charge in [-0.2, -0.15) is 0 Å². The number of non-ortho nitro benzene ring substituents is 1. The van der Waals surface area contributed by atoms with E-state index in [9.17, 15) is 24.8 Å². The average molecular weight is 619 g/mol. The van der Waals surface area contributed by atoms with Gasteiger partial charge in [-0.1, -0.05) is 43.3 Å². The molecule has 3 aromatic carbocycles. The first-order valence-corrected chi connectivity index (χ1v) is 15.0. The van der Waals surface area contributed by atoms with E-state index in [1.54, 1.807) is 24.3 Å². The number of aliphatic hydroxyl groups excluding tert-OH is 1. The number of carboxylic acids is 1. The molecule has 0 aliphatic carbocycles. The zero-order valence-corrected chi connectivity index (χ0v) is 25.1. The normalized spacial score (nSPS) is 22.1. The first kappa shape index (κ1) is 32.0. The van der Waals surface area contributed by atoms with Crippen LogP contribution < -0.4 is 10.2 Å². The summed E-state index contributed by atoms with van der Waals surface area (Å²) < 4.78 is 13.1. The number of nitrogens with one attached hydrogen (secondary N) is 1. The van der Waals surface area contributed by atoms with Crippen molar-refractivity contribution < 1.29 is 34.2 Å². The van der Waals surface area contributed by atoms with Crippen LogP contribution in [-0.2, 0) is 25.7 Å². The minimum atomic E-state index is -1.03. The van der Waals surface area contributed by atoms with Gasteiger partial charge < -0.3 is 29.9 Å². The highest BCUT2D eigenvalue weighted by atomic mass is 16.7. The fraction of sp³-hybridized carbons (Fsp3) is 0.394. The van der Waals surface area contributed by atoms with Crippen molar-refractivity contribution in [2.24, 2.45) is 5.92 Å². The van der Waals surface area contributed by atoms with E-state index >= 15 is 0 Å². The van der Waals surface area contributed by atoms with E-state index in [1.165, 1.54) is 12.1 Å². The summed E-state index contributed by atoms with van der Waals surface area (Å²) in [6.45, 7) is 5.95. The van der Waals surface area contributed by atoms with Crippen molar-refractivity contribution >= 4 is 28.9 Å². The van der Waals surface area contributed by atoms with Gasteiger partial charge >= 0.3 is 5.97 Å². The van der Waals surface area contributed by atoms with E-state index in [4.69, 9.17) is 14.6 Å². The van der Waals surface area contributed by atoms with Gasteiger partial charge in [-0.25, -0.2) is 0 Å². The summed E-state index contributed by atoms with van der Waals surface area (Å²) in [5.41, 5.74) is 4.19. The second-order valence-corrected chi connectivity index (χ2v) is 11.4. The number of amides is 1. The maximum Gasteiger partial charge on any atom is 0.303 e. The molecule has 3 N–H and O–H groups in total. The lowest BCUT2D eigenvalue weighted by atomic mass is 9.90. The van der Waals surface area contributed by atoms with Gasteiger partial charge in [0.1, 0.15) is 0 Å². The van der Waals surface area contributed by atoms with E-state index in [-0.39, 0.29) is 49.2 Å². The van der Waals surface area contributed by atoms with Crippen molar-refractivity contribution in [1.82, 2.24) is 4.90 Å². The van der Waals surface area contributed by atoms with E-state index in [0.29, 0.717) is 12.2 Å². The van der Waals surface area contributed by atoms with Crippen LogP contribution in [0.25, 0.3) is 0 Å². The summed E-state index contributed by atoms with van der Waals surface area (Å²) in [5, 5.41) is 32.1. The molecule has 238 valence electrons. The first-order valence-electron chi connectivity index (χ1n) is 15.0. The molecular weight excluding hydrogens is 580 g/mol. The summed E-state index contributed by atoms with van der Waals surface area (Å²) in [6, 6.07) is 21.6. The second-order valence-electron chi connectivity index (χ2n) is 11.4. The first-order chi connectivity index (χ1) is 21.7. The van der Waals surface area contributed by atoms with Gasteiger partial charge in [0.25, 0.3) is 5.69 Å². The predicted molar refractivity (Wildman–Crippen MR) is 167 cm³/mol. The smallest absolute Gasteiger partial charge is 0.303 e. The highest BCUT2D eigenvalue weighted by Gasteiger charge is 2.39. The van der Waals surface area contributed by atoms with Gasteiger partial charge in [-0.3, -0.25) is 24.6 Å². The molecule has 0 bridgehead atoms. The van der Waals surface area contributed by atoms with Crippen LogP contribution in [0, 0.1) is 16.0 Å². The van der Waals surface area contributed by atoms with Crippen molar-refractivity contribution in [3.8, 4) is 0 Å². The minimum absolute atomic E-state index is 0.0155.